The molecule has 21 heavy (non-hydrogen) atoms. The minimum absolute atomic E-state index is 0. The van der Waals surface area contributed by atoms with Crippen molar-refractivity contribution >= 4 is 36.6 Å². The SMILES string of the molecule is COc1ccc(N)c([S-])c1.COc1ccc(N)c([S-])c1.[Zn+2]. The molecule has 0 atom stereocenters. The summed E-state index contributed by atoms with van der Waals surface area (Å²) in [5.74, 6) is 1.50. The first-order valence-corrected chi connectivity index (χ1v) is 6.50. The van der Waals surface area contributed by atoms with Gasteiger partial charge in [0.2, 0.25) is 0 Å². The Morgan fingerprint density at radius 3 is 1.33 bits per heavy atom. The van der Waals surface area contributed by atoms with Crippen molar-refractivity contribution in [1.29, 1.82) is 0 Å². The largest absolute Gasteiger partial charge is 2.00 e. The van der Waals surface area contributed by atoms with Gasteiger partial charge in [-0.05, 0) is 36.4 Å². The van der Waals surface area contributed by atoms with Gasteiger partial charge in [0.1, 0.15) is 11.5 Å². The molecule has 0 aliphatic rings. The molecular weight excluding hydrogens is 358 g/mol. The topological polar surface area (TPSA) is 70.5 Å². The fourth-order valence-corrected chi connectivity index (χ4v) is 1.65. The van der Waals surface area contributed by atoms with E-state index >= 15 is 0 Å². The Morgan fingerprint density at radius 1 is 0.762 bits per heavy atom. The van der Waals surface area contributed by atoms with Gasteiger partial charge in [-0.2, -0.15) is 0 Å². The zero-order valence-corrected chi connectivity index (χ0v) is 16.6. The second-order valence-electron chi connectivity index (χ2n) is 3.81. The molecule has 108 valence electrons. The molecule has 7 heteroatoms. The Bertz CT molecular complexity index is 531. The van der Waals surface area contributed by atoms with Crippen LogP contribution in [-0.2, 0) is 44.7 Å². The zero-order valence-electron chi connectivity index (χ0n) is 12.0. The monoisotopic (exact) mass is 372 g/mol. The summed E-state index contributed by atoms with van der Waals surface area (Å²) >= 11 is 9.80. The van der Waals surface area contributed by atoms with Crippen molar-refractivity contribution in [1.82, 2.24) is 0 Å². The molecule has 4 N–H and O–H groups in total. The van der Waals surface area contributed by atoms with Crippen molar-refractivity contribution < 1.29 is 29.0 Å². The maximum atomic E-state index is 5.48. The van der Waals surface area contributed by atoms with Gasteiger partial charge in [0.25, 0.3) is 0 Å². The molecule has 2 aromatic carbocycles. The molecule has 0 aliphatic heterocycles. The quantitative estimate of drug-likeness (QED) is 0.478. The summed E-state index contributed by atoms with van der Waals surface area (Å²) in [4.78, 5) is 1.28. The fourth-order valence-electron chi connectivity index (χ4n) is 1.28. The van der Waals surface area contributed by atoms with Crippen molar-refractivity contribution in [3.63, 3.8) is 0 Å². The molecule has 0 spiro atoms. The van der Waals surface area contributed by atoms with Gasteiger partial charge in [0.05, 0.1) is 14.2 Å². The number of hydrogen-bond donors (Lipinski definition) is 2. The summed E-state index contributed by atoms with van der Waals surface area (Å²) in [7, 11) is 3.20. The molecule has 0 aliphatic carbocycles. The maximum Gasteiger partial charge on any atom is 2.00 e. The van der Waals surface area contributed by atoms with Crippen LogP contribution in [0.15, 0.2) is 46.2 Å². The van der Waals surface area contributed by atoms with E-state index in [1.54, 1.807) is 50.6 Å². The summed E-state index contributed by atoms with van der Waals surface area (Å²) in [6, 6.07) is 10.5. The number of methoxy groups -OCH3 is 2. The van der Waals surface area contributed by atoms with E-state index in [1.165, 1.54) is 0 Å². The van der Waals surface area contributed by atoms with E-state index in [2.05, 4.69) is 0 Å². The number of ether oxygens (including phenoxy) is 2. The van der Waals surface area contributed by atoms with Crippen LogP contribution < -0.4 is 20.9 Å². The van der Waals surface area contributed by atoms with Gasteiger partial charge in [0, 0.05) is 11.4 Å². The molecule has 0 aromatic heterocycles. The first kappa shape index (κ1) is 19.7. The molecule has 0 unspecified atom stereocenters. The number of benzene rings is 2. The van der Waals surface area contributed by atoms with Crippen LogP contribution in [0, 0.1) is 0 Å². The first-order chi connectivity index (χ1) is 9.47. The van der Waals surface area contributed by atoms with Crippen molar-refractivity contribution in [3.8, 4) is 11.5 Å². The predicted octanol–water partition coefficient (Wildman–Crippen LogP) is 2.36. The molecular formula is C14H16N2O2S2Zn. The van der Waals surface area contributed by atoms with Crippen LogP contribution in [0.3, 0.4) is 0 Å². The Labute approximate surface area is 148 Å². The third-order valence-electron chi connectivity index (χ3n) is 2.44. The Balaban J connectivity index is 0.000000364. The van der Waals surface area contributed by atoms with Crippen LogP contribution in [0.4, 0.5) is 11.4 Å². The third kappa shape index (κ3) is 6.33. The van der Waals surface area contributed by atoms with E-state index in [0.29, 0.717) is 21.2 Å². The second kappa shape index (κ2) is 9.61. The van der Waals surface area contributed by atoms with Crippen molar-refractivity contribution in [2.45, 2.75) is 9.79 Å². The van der Waals surface area contributed by atoms with Gasteiger partial charge in [-0.25, -0.2) is 0 Å². The molecule has 2 aromatic rings. The van der Waals surface area contributed by atoms with Crippen molar-refractivity contribution in [2.75, 3.05) is 25.7 Å². The van der Waals surface area contributed by atoms with Gasteiger partial charge in [-0.3, -0.25) is 0 Å². The molecule has 2 rings (SSSR count). The standard InChI is InChI=1S/2C7H9NOS.Zn/c2*1-9-5-2-3-6(8)7(10)4-5;/h2*2-4,10H,8H2,1H3;/q;;+2/p-2. The molecule has 0 radical (unpaired) electrons. The first-order valence-electron chi connectivity index (χ1n) is 5.69. The van der Waals surface area contributed by atoms with Crippen molar-refractivity contribution in [3.05, 3.63) is 36.4 Å². The Hall–Kier alpha value is -1.30. The molecule has 0 saturated carbocycles. The van der Waals surface area contributed by atoms with Gasteiger partial charge in [-0.15, -0.1) is 9.79 Å². The second-order valence-corrected chi connectivity index (χ2v) is 4.69. The van der Waals surface area contributed by atoms with E-state index in [9.17, 15) is 0 Å². The summed E-state index contributed by atoms with van der Waals surface area (Å²) in [6.45, 7) is 0. The summed E-state index contributed by atoms with van der Waals surface area (Å²) in [6.07, 6.45) is 0. The van der Waals surface area contributed by atoms with Gasteiger partial charge in [-0.1, -0.05) is 0 Å². The number of hydrogen-bond acceptors (Lipinski definition) is 6. The summed E-state index contributed by atoms with van der Waals surface area (Å²) < 4.78 is 9.86. The van der Waals surface area contributed by atoms with Gasteiger partial charge in [0.15, 0.2) is 0 Å². The molecule has 0 heterocycles. The Kier molecular flexibility index (Phi) is 9.01. The Morgan fingerprint density at radius 2 is 1.10 bits per heavy atom. The summed E-state index contributed by atoms with van der Waals surface area (Å²) in [5.41, 5.74) is 12.2. The maximum absolute atomic E-state index is 5.48. The number of nitrogen functional groups attached to an aromatic ring is 2. The van der Waals surface area contributed by atoms with Crippen LogP contribution in [-0.4, -0.2) is 14.2 Å². The minimum atomic E-state index is 0. The molecule has 0 amide bonds. The van der Waals surface area contributed by atoms with E-state index in [0.717, 1.165) is 11.5 Å². The fraction of sp³-hybridized carbons (Fsp3) is 0.143. The average molecular weight is 374 g/mol. The zero-order chi connectivity index (χ0) is 15.1. The van der Waals surface area contributed by atoms with Crippen LogP contribution in [0.1, 0.15) is 0 Å². The van der Waals surface area contributed by atoms with Crippen LogP contribution in [0.5, 0.6) is 11.5 Å². The minimum Gasteiger partial charge on any atom is -0.778 e. The van der Waals surface area contributed by atoms with Crippen molar-refractivity contribution in [2.24, 2.45) is 0 Å². The molecule has 0 saturated heterocycles. The van der Waals surface area contributed by atoms with E-state index in [1.807, 2.05) is 0 Å². The normalized spacial score (nSPS) is 8.86. The third-order valence-corrected chi connectivity index (χ3v) is 3.15. The predicted molar refractivity (Wildman–Crippen MR) is 86.1 cm³/mol. The molecule has 4 nitrogen and oxygen atoms in total. The number of anilines is 2. The molecule has 0 fully saturated rings. The van der Waals surface area contributed by atoms with Crippen LogP contribution in [0.25, 0.3) is 0 Å². The van der Waals surface area contributed by atoms with Crippen LogP contribution >= 0.6 is 0 Å². The van der Waals surface area contributed by atoms with E-state index in [4.69, 9.17) is 46.2 Å². The number of rotatable bonds is 2. The smallest absolute Gasteiger partial charge is 0.778 e. The van der Waals surface area contributed by atoms with Gasteiger partial charge >= 0.3 is 19.5 Å². The average Bonchev–Trinajstić information content (AvgIpc) is 2.45. The van der Waals surface area contributed by atoms with E-state index < -0.39 is 0 Å². The van der Waals surface area contributed by atoms with E-state index in [-0.39, 0.29) is 19.5 Å². The molecule has 0 bridgehead atoms. The van der Waals surface area contributed by atoms with Gasteiger partial charge < -0.3 is 46.2 Å². The number of nitrogens with two attached hydrogens (primary N) is 2. The summed E-state index contributed by atoms with van der Waals surface area (Å²) in [5, 5.41) is 0. The van der Waals surface area contributed by atoms with Crippen LogP contribution in [0.2, 0.25) is 0 Å².